The number of hydrogen-bond acceptors (Lipinski definition) is 5. The second-order valence-electron chi connectivity index (χ2n) is 8.35. The minimum Gasteiger partial charge on any atom is -0.349 e. The van der Waals surface area contributed by atoms with Crippen LogP contribution in [0.1, 0.15) is 59.9 Å². The molecule has 1 aromatic carbocycles. The molecular weight excluding hydrogens is 400 g/mol. The molecule has 1 aliphatic rings. The summed E-state index contributed by atoms with van der Waals surface area (Å²) in [6.07, 6.45) is 1.85. The summed E-state index contributed by atoms with van der Waals surface area (Å²) in [5.74, 6) is 0.120. The summed E-state index contributed by atoms with van der Waals surface area (Å²) in [5, 5.41) is 8.69. The number of nitrogens with zero attached hydrogens (tertiary/aromatic N) is 3. The Kier molecular flexibility index (Phi) is 6.06. The van der Waals surface area contributed by atoms with Crippen molar-refractivity contribution in [2.24, 2.45) is 0 Å². The molecule has 0 unspecified atom stereocenters. The molecule has 1 N–H and O–H groups in total. The molecule has 7 heteroatoms. The van der Waals surface area contributed by atoms with Crippen LogP contribution in [-0.4, -0.2) is 40.1 Å². The fourth-order valence-corrected chi connectivity index (χ4v) is 4.06. The van der Waals surface area contributed by atoms with E-state index in [1.165, 1.54) is 5.56 Å². The number of amides is 1. The number of benzene rings is 1. The first-order chi connectivity index (χ1) is 14.4. The predicted octanol–water partition coefficient (Wildman–Crippen LogP) is 4.70. The van der Waals surface area contributed by atoms with E-state index in [2.05, 4.69) is 46.3 Å². The Hall–Kier alpha value is -2.44. The van der Waals surface area contributed by atoms with E-state index in [0.717, 1.165) is 43.2 Å². The monoisotopic (exact) mass is 426 g/mol. The van der Waals surface area contributed by atoms with Gasteiger partial charge in [0.1, 0.15) is 0 Å². The van der Waals surface area contributed by atoms with E-state index in [9.17, 15) is 4.79 Å². The standard InChI is InChI=1S/C23H27ClN4O2/c1-14(2)20-12-19(21-15(3)27-30-23(21)26-20)22(29)25-18-8-10-28(11-9-18)13-16-4-6-17(24)7-5-16/h4-7,12,14,18H,8-11,13H2,1-3H3,(H,25,29). The first kappa shape index (κ1) is 20.8. The third kappa shape index (κ3) is 4.50. The maximum absolute atomic E-state index is 13.1. The topological polar surface area (TPSA) is 71.3 Å². The van der Waals surface area contributed by atoms with Gasteiger partial charge in [0.25, 0.3) is 11.6 Å². The number of rotatable bonds is 5. The summed E-state index contributed by atoms with van der Waals surface area (Å²) in [6.45, 7) is 8.74. The molecule has 158 valence electrons. The molecule has 0 saturated carbocycles. The lowest BCUT2D eigenvalue weighted by molar-refractivity contribution is 0.0910. The van der Waals surface area contributed by atoms with Gasteiger partial charge in [-0.1, -0.05) is 42.7 Å². The fraction of sp³-hybridized carbons (Fsp3) is 0.435. The van der Waals surface area contributed by atoms with Crippen molar-refractivity contribution in [2.75, 3.05) is 13.1 Å². The Balaban J connectivity index is 1.41. The van der Waals surface area contributed by atoms with Crippen LogP contribution in [0, 0.1) is 6.92 Å². The number of carbonyl (C=O) groups excluding carboxylic acids is 1. The van der Waals surface area contributed by atoms with Crippen LogP contribution in [0.15, 0.2) is 34.9 Å². The number of piperidine rings is 1. The molecule has 2 aromatic heterocycles. The van der Waals surface area contributed by atoms with Gasteiger partial charge in [-0.2, -0.15) is 0 Å². The first-order valence-corrected chi connectivity index (χ1v) is 10.8. The number of hydrogen-bond donors (Lipinski definition) is 1. The lowest BCUT2D eigenvalue weighted by atomic mass is 10.0. The van der Waals surface area contributed by atoms with E-state index in [1.807, 2.05) is 25.1 Å². The normalized spacial score (nSPS) is 15.8. The Morgan fingerprint density at radius 1 is 1.27 bits per heavy atom. The van der Waals surface area contributed by atoms with Crippen LogP contribution in [0.3, 0.4) is 0 Å². The molecule has 30 heavy (non-hydrogen) atoms. The molecule has 4 rings (SSSR count). The van der Waals surface area contributed by atoms with Crippen LogP contribution in [0.25, 0.3) is 11.1 Å². The highest BCUT2D eigenvalue weighted by Gasteiger charge is 2.24. The number of nitrogens with one attached hydrogen (secondary N) is 1. The van der Waals surface area contributed by atoms with E-state index < -0.39 is 0 Å². The SMILES string of the molecule is Cc1noc2nc(C(C)C)cc(C(=O)NC3CCN(Cc4ccc(Cl)cc4)CC3)c12. The van der Waals surface area contributed by atoms with E-state index in [-0.39, 0.29) is 17.9 Å². The molecule has 3 heterocycles. The Bertz CT molecular complexity index is 1040. The van der Waals surface area contributed by atoms with Crippen molar-refractivity contribution in [3.8, 4) is 0 Å². The van der Waals surface area contributed by atoms with Gasteiger partial charge < -0.3 is 9.84 Å². The van der Waals surface area contributed by atoms with Gasteiger partial charge in [0, 0.05) is 36.4 Å². The van der Waals surface area contributed by atoms with Crippen LogP contribution >= 0.6 is 11.6 Å². The second-order valence-corrected chi connectivity index (χ2v) is 8.78. The zero-order valence-corrected chi connectivity index (χ0v) is 18.4. The highest BCUT2D eigenvalue weighted by Crippen LogP contribution is 2.25. The van der Waals surface area contributed by atoms with E-state index in [1.54, 1.807) is 0 Å². The predicted molar refractivity (Wildman–Crippen MR) is 118 cm³/mol. The minimum atomic E-state index is -0.0771. The van der Waals surface area contributed by atoms with Gasteiger partial charge in [0.2, 0.25) is 0 Å². The van der Waals surface area contributed by atoms with Crippen LogP contribution in [0.2, 0.25) is 5.02 Å². The molecule has 1 fully saturated rings. The van der Waals surface area contributed by atoms with Gasteiger partial charge in [0.15, 0.2) is 0 Å². The highest BCUT2D eigenvalue weighted by atomic mass is 35.5. The smallest absolute Gasteiger partial charge is 0.259 e. The van der Waals surface area contributed by atoms with Crippen LogP contribution in [-0.2, 0) is 6.54 Å². The molecule has 1 aliphatic heterocycles. The molecule has 0 radical (unpaired) electrons. The summed E-state index contributed by atoms with van der Waals surface area (Å²) < 4.78 is 5.34. The number of carbonyl (C=O) groups is 1. The van der Waals surface area contributed by atoms with E-state index in [0.29, 0.717) is 22.4 Å². The summed E-state index contributed by atoms with van der Waals surface area (Å²) >= 11 is 5.97. The number of aromatic nitrogens is 2. The molecule has 0 aliphatic carbocycles. The average Bonchev–Trinajstić information content (AvgIpc) is 3.11. The summed E-state index contributed by atoms with van der Waals surface area (Å²) in [5.41, 5.74) is 3.82. The molecular formula is C23H27ClN4O2. The summed E-state index contributed by atoms with van der Waals surface area (Å²) in [6, 6.07) is 10.0. The molecule has 0 bridgehead atoms. The maximum Gasteiger partial charge on any atom is 0.259 e. The van der Waals surface area contributed by atoms with Gasteiger partial charge in [0.05, 0.1) is 16.6 Å². The third-order valence-electron chi connectivity index (χ3n) is 5.72. The van der Waals surface area contributed by atoms with Crippen molar-refractivity contribution in [3.63, 3.8) is 0 Å². The Morgan fingerprint density at radius 3 is 2.63 bits per heavy atom. The zero-order chi connectivity index (χ0) is 21.3. The average molecular weight is 427 g/mol. The molecule has 1 amide bonds. The Morgan fingerprint density at radius 2 is 1.97 bits per heavy atom. The highest BCUT2D eigenvalue weighted by molar-refractivity contribution is 6.30. The van der Waals surface area contributed by atoms with Crippen LogP contribution in [0.4, 0.5) is 0 Å². The number of halogens is 1. The molecule has 3 aromatic rings. The Labute approximate surface area is 181 Å². The quantitative estimate of drug-likeness (QED) is 0.640. The van der Waals surface area contributed by atoms with E-state index >= 15 is 0 Å². The maximum atomic E-state index is 13.1. The lowest BCUT2D eigenvalue weighted by Crippen LogP contribution is -2.44. The van der Waals surface area contributed by atoms with E-state index in [4.69, 9.17) is 16.1 Å². The second kappa shape index (κ2) is 8.74. The van der Waals surface area contributed by atoms with Gasteiger partial charge in [-0.25, -0.2) is 4.98 Å². The zero-order valence-electron chi connectivity index (χ0n) is 17.6. The first-order valence-electron chi connectivity index (χ1n) is 10.5. The minimum absolute atomic E-state index is 0.0771. The van der Waals surface area contributed by atoms with Gasteiger partial charge >= 0.3 is 0 Å². The van der Waals surface area contributed by atoms with Crippen molar-refractivity contribution in [1.82, 2.24) is 20.4 Å². The van der Waals surface area contributed by atoms with Crippen molar-refractivity contribution < 1.29 is 9.32 Å². The number of pyridine rings is 1. The van der Waals surface area contributed by atoms with Crippen molar-refractivity contribution in [3.05, 3.63) is 57.9 Å². The molecule has 0 atom stereocenters. The number of likely N-dealkylation sites (tertiary alicyclic amines) is 1. The van der Waals surface area contributed by atoms with Gasteiger partial charge in [-0.3, -0.25) is 9.69 Å². The third-order valence-corrected chi connectivity index (χ3v) is 5.97. The summed E-state index contributed by atoms with van der Waals surface area (Å²) in [4.78, 5) is 20.1. The van der Waals surface area contributed by atoms with Crippen molar-refractivity contribution in [2.45, 2.75) is 52.1 Å². The largest absolute Gasteiger partial charge is 0.349 e. The molecule has 6 nitrogen and oxygen atoms in total. The summed E-state index contributed by atoms with van der Waals surface area (Å²) in [7, 11) is 0. The molecule has 1 saturated heterocycles. The number of aryl methyl sites for hydroxylation is 1. The van der Waals surface area contributed by atoms with Crippen LogP contribution < -0.4 is 5.32 Å². The van der Waals surface area contributed by atoms with Gasteiger partial charge in [-0.05, 0) is 49.4 Å². The van der Waals surface area contributed by atoms with Crippen LogP contribution in [0.5, 0.6) is 0 Å². The lowest BCUT2D eigenvalue weighted by Gasteiger charge is -2.32. The van der Waals surface area contributed by atoms with Gasteiger partial charge in [-0.15, -0.1) is 0 Å². The fourth-order valence-electron chi connectivity index (χ4n) is 3.94. The number of fused-ring (bicyclic) bond motifs is 1. The molecule has 0 spiro atoms. The van der Waals surface area contributed by atoms with Crippen molar-refractivity contribution >= 4 is 28.6 Å². The van der Waals surface area contributed by atoms with Crippen molar-refractivity contribution in [1.29, 1.82) is 0 Å².